The topological polar surface area (TPSA) is 84.1 Å². The van der Waals surface area contributed by atoms with Crippen LogP contribution in [0, 0.1) is 0 Å². The molecule has 0 aliphatic carbocycles. The summed E-state index contributed by atoms with van der Waals surface area (Å²) >= 11 is 0. The van der Waals surface area contributed by atoms with Crippen molar-refractivity contribution in [1.82, 2.24) is 25.0 Å². The molecule has 0 fully saturated rings. The van der Waals surface area contributed by atoms with Crippen LogP contribution < -0.4 is 5.73 Å². The predicted molar refractivity (Wildman–Crippen MR) is 48.3 cm³/mol. The highest BCUT2D eigenvalue weighted by molar-refractivity contribution is 5.25. The highest BCUT2D eigenvalue weighted by atomic mass is 15.5. The average Bonchev–Trinajstić information content (AvgIpc) is 2.70. The Morgan fingerprint density at radius 3 is 2.43 bits per heavy atom. The van der Waals surface area contributed by atoms with E-state index in [0.717, 1.165) is 5.69 Å². The molecule has 2 rings (SSSR count). The van der Waals surface area contributed by atoms with E-state index in [1.165, 1.54) is 4.80 Å². The van der Waals surface area contributed by atoms with E-state index in [-0.39, 0.29) is 6.04 Å². The molecule has 1 unspecified atom stereocenters. The number of hydrogen-bond acceptors (Lipinski definition) is 4. The van der Waals surface area contributed by atoms with E-state index in [4.69, 9.17) is 0 Å². The Morgan fingerprint density at radius 2 is 1.79 bits per heavy atom. The van der Waals surface area contributed by atoms with Crippen LogP contribution in [0.2, 0.25) is 0 Å². The number of aromatic nitrogens is 5. The lowest BCUT2D eigenvalue weighted by molar-refractivity contribution is -0.421. The largest absolute Gasteiger partial charge is 0.350 e. The lowest BCUT2D eigenvalue weighted by Crippen LogP contribution is -2.52. The SMILES string of the molecule is CC([NH3+])c1nccnc1-n1nccn1. The van der Waals surface area contributed by atoms with Crippen LogP contribution in [0.4, 0.5) is 0 Å². The second-order valence-electron chi connectivity index (χ2n) is 2.98. The molecule has 1 atom stereocenters. The lowest BCUT2D eigenvalue weighted by Gasteiger charge is -2.05. The monoisotopic (exact) mass is 191 g/mol. The van der Waals surface area contributed by atoms with Gasteiger partial charge in [-0.15, -0.1) is 4.80 Å². The first-order valence-electron chi connectivity index (χ1n) is 4.29. The van der Waals surface area contributed by atoms with Crippen molar-refractivity contribution in [1.29, 1.82) is 0 Å². The Kier molecular flexibility index (Phi) is 2.19. The average molecular weight is 191 g/mol. The predicted octanol–water partition coefficient (Wildman–Crippen LogP) is -0.640. The van der Waals surface area contributed by atoms with E-state index in [9.17, 15) is 0 Å². The number of hydrogen-bond donors (Lipinski definition) is 1. The van der Waals surface area contributed by atoms with Gasteiger partial charge in [-0.05, 0) is 6.92 Å². The van der Waals surface area contributed by atoms with Gasteiger partial charge in [0.1, 0.15) is 11.7 Å². The summed E-state index contributed by atoms with van der Waals surface area (Å²) in [6.45, 7) is 1.96. The maximum Gasteiger partial charge on any atom is 0.202 e. The van der Waals surface area contributed by atoms with Crippen molar-refractivity contribution >= 4 is 0 Å². The van der Waals surface area contributed by atoms with Crippen LogP contribution >= 0.6 is 0 Å². The summed E-state index contributed by atoms with van der Waals surface area (Å²) in [5, 5.41) is 8.01. The molecule has 0 aromatic carbocycles. The second kappa shape index (κ2) is 3.51. The van der Waals surface area contributed by atoms with E-state index in [2.05, 4.69) is 25.9 Å². The first-order chi connectivity index (χ1) is 6.79. The van der Waals surface area contributed by atoms with Crippen LogP contribution in [0.5, 0.6) is 0 Å². The zero-order valence-electron chi connectivity index (χ0n) is 7.83. The third kappa shape index (κ3) is 1.47. The van der Waals surface area contributed by atoms with Crippen molar-refractivity contribution < 1.29 is 5.73 Å². The molecule has 0 amide bonds. The Balaban J connectivity index is 2.53. The highest BCUT2D eigenvalue weighted by Crippen LogP contribution is 2.10. The smallest absolute Gasteiger partial charge is 0.202 e. The molecule has 6 heteroatoms. The van der Waals surface area contributed by atoms with E-state index < -0.39 is 0 Å². The van der Waals surface area contributed by atoms with Crippen LogP contribution in [0.25, 0.3) is 5.82 Å². The molecule has 2 aromatic heterocycles. The van der Waals surface area contributed by atoms with Gasteiger partial charge < -0.3 is 5.73 Å². The number of nitrogens with zero attached hydrogens (tertiary/aromatic N) is 5. The quantitative estimate of drug-likeness (QED) is 0.684. The van der Waals surface area contributed by atoms with Gasteiger partial charge in [0, 0.05) is 12.4 Å². The Bertz CT molecular complexity index is 408. The summed E-state index contributed by atoms with van der Waals surface area (Å²) in [5.74, 6) is 0.639. The zero-order valence-corrected chi connectivity index (χ0v) is 7.83. The van der Waals surface area contributed by atoms with Crippen molar-refractivity contribution in [2.75, 3.05) is 0 Å². The van der Waals surface area contributed by atoms with Crippen LogP contribution in [0.1, 0.15) is 18.7 Å². The molecule has 0 aliphatic heterocycles. The fraction of sp³-hybridized carbons (Fsp3) is 0.250. The van der Waals surface area contributed by atoms with Crippen molar-refractivity contribution in [2.24, 2.45) is 0 Å². The summed E-state index contributed by atoms with van der Waals surface area (Å²) in [5.41, 5.74) is 4.70. The van der Waals surface area contributed by atoms with E-state index in [1.807, 2.05) is 6.92 Å². The van der Waals surface area contributed by atoms with Gasteiger partial charge in [-0.1, -0.05) is 0 Å². The molecular weight excluding hydrogens is 180 g/mol. The van der Waals surface area contributed by atoms with Crippen molar-refractivity contribution in [3.8, 4) is 5.82 Å². The first kappa shape index (κ1) is 8.76. The maximum absolute atomic E-state index is 4.21. The van der Waals surface area contributed by atoms with Gasteiger partial charge in [0.15, 0.2) is 0 Å². The molecule has 2 heterocycles. The molecule has 6 nitrogen and oxygen atoms in total. The van der Waals surface area contributed by atoms with Crippen LogP contribution in [0.15, 0.2) is 24.8 Å². The van der Waals surface area contributed by atoms with Gasteiger partial charge in [0.2, 0.25) is 5.82 Å². The van der Waals surface area contributed by atoms with E-state index >= 15 is 0 Å². The van der Waals surface area contributed by atoms with Crippen molar-refractivity contribution in [3.05, 3.63) is 30.5 Å². The fourth-order valence-corrected chi connectivity index (χ4v) is 1.17. The van der Waals surface area contributed by atoms with Gasteiger partial charge >= 0.3 is 0 Å². The molecule has 0 saturated carbocycles. The Hall–Kier alpha value is -1.82. The molecule has 0 spiro atoms. The maximum atomic E-state index is 4.21. The molecule has 0 saturated heterocycles. The number of rotatable bonds is 2. The van der Waals surface area contributed by atoms with Gasteiger partial charge in [0.05, 0.1) is 12.4 Å². The molecule has 0 aliphatic rings. The molecule has 0 bridgehead atoms. The van der Waals surface area contributed by atoms with Gasteiger partial charge in [-0.2, -0.15) is 10.2 Å². The normalized spacial score (nSPS) is 12.7. The van der Waals surface area contributed by atoms with Crippen molar-refractivity contribution in [2.45, 2.75) is 13.0 Å². The summed E-state index contributed by atoms with van der Waals surface area (Å²) in [6.07, 6.45) is 6.47. The van der Waals surface area contributed by atoms with E-state index in [0.29, 0.717) is 5.82 Å². The standard InChI is InChI=1S/C8H10N6/c1-6(9)7-8(11-3-2-10-7)14-12-4-5-13-14/h2-6H,9H2,1H3/p+1. The van der Waals surface area contributed by atoms with Crippen LogP contribution in [-0.2, 0) is 0 Å². The molecular formula is C8H11N6+. The third-order valence-corrected chi connectivity index (χ3v) is 1.78. The summed E-state index contributed by atoms with van der Waals surface area (Å²) in [4.78, 5) is 9.83. The molecule has 72 valence electrons. The fourth-order valence-electron chi connectivity index (χ4n) is 1.17. The lowest BCUT2D eigenvalue weighted by atomic mass is 10.2. The zero-order chi connectivity index (χ0) is 9.97. The molecule has 2 aromatic rings. The minimum absolute atomic E-state index is 0.0599. The minimum atomic E-state index is 0.0599. The minimum Gasteiger partial charge on any atom is -0.350 e. The van der Waals surface area contributed by atoms with E-state index in [1.54, 1.807) is 24.8 Å². The van der Waals surface area contributed by atoms with Gasteiger partial charge in [-0.25, -0.2) is 9.97 Å². The van der Waals surface area contributed by atoms with Crippen molar-refractivity contribution in [3.63, 3.8) is 0 Å². The van der Waals surface area contributed by atoms with Gasteiger partial charge in [-0.3, -0.25) is 0 Å². The Labute approximate surface area is 80.8 Å². The summed E-state index contributed by atoms with van der Waals surface area (Å²) < 4.78 is 0. The molecule has 3 N–H and O–H groups in total. The first-order valence-corrected chi connectivity index (χ1v) is 4.29. The highest BCUT2D eigenvalue weighted by Gasteiger charge is 2.14. The van der Waals surface area contributed by atoms with Crippen LogP contribution in [0.3, 0.4) is 0 Å². The summed E-state index contributed by atoms with van der Waals surface area (Å²) in [7, 11) is 0. The molecule has 0 radical (unpaired) electrons. The van der Waals surface area contributed by atoms with Gasteiger partial charge in [0.25, 0.3) is 0 Å². The second-order valence-corrected chi connectivity index (χ2v) is 2.98. The number of quaternary nitrogens is 1. The summed E-state index contributed by atoms with van der Waals surface area (Å²) in [6, 6.07) is 0.0599. The Morgan fingerprint density at radius 1 is 1.14 bits per heavy atom. The van der Waals surface area contributed by atoms with Crippen LogP contribution in [-0.4, -0.2) is 25.0 Å². The third-order valence-electron chi connectivity index (χ3n) is 1.78. The molecule has 14 heavy (non-hydrogen) atoms.